The van der Waals surface area contributed by atoms with E-state index in [1.165, 1.54) is 18.1 Å². The van der Waals surface area contributed by atoms with Crippen molar-refractivity contribution < 1.29 is 22.7 Å². The zero-order chi connectivity index (χ0) is 27.0. The fourth-order valence-corrected chi connectivity index (χ4v) is 4.80. The van der Waals surface area contributed by atoms with E-state index in [4.69, 9.17) is 16.3 Å². The smallest absolute Gasteiger partial charge is 0.244 e. The van der Waals surface area contributed by atoms with E-state index in [-0.39, 0.29) is 29.9 Å². The Morgan fingerprint density at radius 2 is 1.78 bits per heavy atom. The molecule has 0 heterocycles. The largest absolute Gasteiger partial charge is 0.495 e. The number of nitrogens with one attached hydrogen (secondary N) is 1. The third kappa shape index (κ3) is 7.61. The molecule has 2 rings (SSSR count). The summed E-state index contributed by atoms with van der Waals surface area (Å²) in [6.45, 7) is 7.25. The van der Waals surface area contributed by atoms with Crippen LogP contribution in [0.25, 0.3) is 0 Å². The lowest BCUT2D eigenvalue weighted by Crippen LogP contribution is -2.53. The number of methoxy groups -OCH3 is 1. The molecule has 2 atom stereocenters. The van der Waals surface area contributed by atoms with Crippen molar-refractivity contribution in [3.8, 4) is 5.75 Å². The molecule has 0 saturated carbocycles. The Morgan fingerprint density at radius 1 is 1.11 bits per heavy atom. The molecule has 0 spiro atoms. The number of aryl methyl sites for hydroxylation is 1. The summed E-state index contributed by atoms with van der Waals surface area (Å²) in [6.07, 6.45) is 2.11. The Kier molecular flexibility index (Phi) is 10.6. The normalized spacial score (nSPS) is 13.0. The van der Waals surface area contributed by atoms with Gasteiger partial charge in [-0.1, -0.05) is 49.7 Å². The Hall–Kier alpha value is -2.78. The first kappa shape index (κ1) is 29.5. The van der Waals surface area contributed by atoms with Crippen LogP contribution in [0.3, 0.4) is 0 Å². The molecule has 36 heavy (non-hydrogen) atoms. The lowest BCUT2D eigenvalue weighted by atomic mass is 10.1. The number of anilines is 1. The number of carbonyl (C=O) groups excluding carboxylic acids is 2. The van der Waals surface area contributed by atoms with Gasteiger partial charge in [-0.15, -0.1) is 0 Å². The van der Waals surface area contributed by atoms with Gasteiger partial charge >= 0.3 is 0 Å². The highest BCUT2D eigenvalue weighted by Crippen LogP contribution is 2.33. The average molecular weight is 538 g/mol. The molecule has 0 radical (unpaired) electrons. The second kappa shape index (κ2) is 13.0. The summed E-state index contributed by atoms with van der Waals surface area (Å²) in [7, 11) is -2.50. The van der Waals surface area contributed by atoms with E-state index in [2.05, 4.69) is 5.32 Å². The van der Waals surface area contributed by atoms with Crippen molar-refractivity contribution in [2.24, 2.45) is 0 Å². The number of hydrogen-bond acceptors (Lipinski definition) is 5. The Balaban J connectivity index is 2.53. The van der Waals surface area contributed by atoms with Gasteiger partial charge < -0.3 is 15.0 Å². The van der Waals surface area contributed by atoms with Crippen LogP contribution in [0, 0.1) is 6.92 Å². The van der Waals surface area contributed by atoms with Gasteiger partial charge in [0.25, 0.3) is 0 Å². The van der Waals surface area contributed by atoms with Crippen LogP contribution in [-0.2, 0) is 26.2 Å². The predicted octanol–water partition coefficient (Wildman–Crippen LogP) is 4.15. The summed E-state index contributed by atoms with van der Waals surface area (Å²) < 4.78 is 31.9. The minimum absolute atomic E-state index is 0.0646. The fourth-order valence-electron chi connectivity index (χ4n) is 3.78. The van der Waals surface area contributed by atoms with Crippen molar-refractivity contribution in [2.45, 2.75) is 59.2 Å². The maximum absolute atomic E-state index is 13.8. The molecule has 0 fully saturated rings. The van der Waals surface area contributed by atoms with Crippen LogP contribution in [0.2, 0.25) is 5.02 Å². The first-order valence-electron chi connectivity index (χ1n) is 11.9. The van der Waals surface area contributed by atoms with E-state index < -0.39 is 28.5 Å². The third-order valence-corrected chi connectivity index (χ3v) is 7.44. The number of hydrogen-bond donors (Lipinski definition) is 1. The van der Waals surface area contributed by atoms with Crippen LogP contribution in [0.15, 0.2) is 42.5 Å². The van der Waals surface area contributed by atoms with E-state index in [0.29, 0.717) is 11.4 Å². The molecular weight excluding hydrogens is 502 g/mol. The van der Waals surface area contributed by atoms with Crippen LogP contribution in [0.4, 0.5) is 5.69 Å². The van der Waals surface area contributed by atoms with E-state index in [1.807, 2.05) is 52.0 Å². The molecule has 8 nitrogen and oxygen atoms in total. The number of rotatable bonds is 12. The van der Waals surface area contributed by atoms with E-state index in [1.54, 1.807) is 12.1 Å². The third-order valence-electron chi connectivity index (χ3n) is 6.08. The van der Waals surface area contributed by atoms with E-state index in [0.717, 1.165) is 28.1 Å². The highest BCUT2D eigenvalue weighted by atomic mass is 35.5. The molecule has 0 bridgehead atoms. The molecule has 0 saturated heterocycles. The van der Waals surface area contributed by atoms with Crippen molar-refractivity contribution in [2.75, 3.05) is 24.2 Å². The van der Waals surface area contributed by atoms with Crippen molar-refractivity contribution in [3.63, 3.8) is 0 Å². The van der Waals surface area contributed by atoms with Gasteiger partial charge in [-0.3, -0.25) is 13.9 Å². The summed E-state index contributed by atoms with van der Waals surface area (Å²) in [5.41, 5.74) is 1.98. The average Bonchev–Trinajstić information content (AvgIpc) is 2.82. The molecule has 0 aromatic heterocycles. The molecule has 0 aliphatic rings. The second-order valence-corrected chi connectivity index (χ2v) is 11.1. The number of ether oxygens (including phenoxy) is 1. The first-order chi connectivity index (χ1) is 16.9. The summed E-state index contributed by atoms with van der Waals surface area (Å²) >= 11 is 6.14. The molecule has 1 N–H and O–H groups in total. The molecule has 2 aromatic rings. The zero-order valence-electron chi connectivity index (χ0n) is 21.7. The van der Waals surface area contributed by atoms with Crippen molar-refractivity contribution in [3.05, 3.63) is 58.6 Å². The number of sulfonamides is 1. The monoisotopic (exact) mass is 537 g/mol. The number of benzene rings is 2. The van der Waals surface area contributed by atoms with Gasteiger partial charge in [0.15, 0.2) is 0 Å². The topological polar surface area (TPSA) is 96.0 Å². The van der Waals surface area contributed by atoms with Crippen molar-refractivity contribution >= 4 is 39.1 Å². The van der Waals surface area contributed by atoms with Gasteiger partial charge in [-0.05, 0) is 56.0 Å². The summed E-state index contributed by atoms with van der Waals surface area (Å²) in [4.78, 5) is 28.4. The lowest BCUT2D eigenvalue weighted by Gasteiger charge is -2.34. The van der Waals surface area contributed by atoms with Gasteiger partial charge in [0, 0.05) is 17.6 Å². The number of nitrogens with zero attached hydrogens (tertiary/aromatic N) is 2. The number of amides is 2. The highest BCUT2D eigenvalue weighted by molar-refractivity contribution is 7.92. The summed E-state index contributed by atoms with van der Waals surface area (Å²) in [5.74, 6) is -0.540. The minimum Gasteiger partial charge on any atom is -0.495 e. The van der Waals surface area contributed by atoms with Crippen LogP contribution in [-0.4, -0.2) is 57.1 Å². The summed E-state index contributed by atoms with van der Waals surface area (Å²) in [6, 6.07) is 11.3. The molecule has 2 unspecified atom stereocenters. The summed E-state index contributed by atoms with van der Waals surface area (Å²) in [5, 5.41) is 3.25. The molecule has 2 aromatic carbocycles. The molecular formula is C26H36ClN3O5S. The Morgan fingerprint density at radius 3 is 2.33 bits per heavy atom. The molecule has 10 heteroatoms. The number of carbonyl (C=O) groups is 2. The van der Waals surface area contributed by atoms with Crippen LogP contribution in [0.5, 0.6) is 5.75 Å². The molecule has 0 aliphatic carbocycles. The molecule has 2 amide bonds. The van der Waals surface area contributed by atoms with Gasteiger partial charge in [0.05, 0.1) is 19.1 Å². The van der Waals surface area contributed by atoms with Crippen LogP contribution < -0.4 is 14.4 Å². The van der Waals surface area contributed by atoms with Crippen LogP contribution in [0.1, 0.15) is 44.7 Å². The lowest BCUT2D eigenvalue weighted by molar-refractivity contribution is -0.140. The fraction of sp³-hybridized carbons (Fsp3) is 0.462. The van der Waals surface area contributed by atoms with Gasteiger partial charge in [-0.2, -0.15) is 0 Å². The Labute approximate surface area is 219 Å². The van der Waals surface area contributed by atoms with E-state index >= 15 is 0 Å². The standard InChI is InChI=1S/C26H36ClN3O5S/c1-7-19(4)28-26(32)22(8-2)29(16-20-12-10-9-11-18(20)3)25(31)17-30(36(6,33)34)23-15-21(27)13-14-24(23)35-5/h9-15,19,22H,7-8,16-17H2,1-6H3,(H,28,32). The maximum atomic E-state index is 13.8. The quantitative estimate of drug-likeness (QED) is 0.439. The van der Waals surface area contributed by atoms with Crippen LogP contribution >= 0.6 is 11.6 Å². The number of halogens is 1. The molecule has 198 valence electrons. The van der Waals surface area contributed by atoms with Gasteiger partial charge in [0.1, 0.15) is 18.3 Å². The van der Waals surface area contributed by atoms with E-state index in [9.17, 15) is 18.0 Å². The second-order valence-electron chi connectivity index (χ2n) is 8.78. The predicted molar refractivity (Wildman–Crippen MR) is 144 cm³/mol. The maximum Gasteiger partial charge on any atom is 0.244 e. The SMILES string of the molecule is CCC(C)NC(=O)C(CC)N(Cc1ccccc1C)C(=O)CN(c1cc(Cl)ccc1OC)S(C)(=O)=O. The van der Waals surface area contributed by atoms with Gasteiger partial charge in [-0.25, -0.2) is 8.42 Å². The van der Waals surface area contributed by atoms with Gasteiger partial charge in [0.2, 0.25) is 21.8 Å². The minimum atomic E-state index is -3.91. The molecule has 0 aliphatic heterocycles. The van der Waals surface area contributed by atoms with Crippen molar-refractivity contribution in [1.29, 1.82) is 0 Å². The zero-order valence-corrected chi connectivity index (χ0v) is 23.3. The Bertz CT molecular complexity index is 1170. The van der Waals surface area contributed by atoms with Crippen molar-refractivity contribution in [1.82, 2.24) is 10.2 Å². The highest BCUT2D eigenvalue weighted by Gasteiger charge is 2.33. The first-order valence-corrected chi connectivity index (χ1v) is 14.1.